The Hall–Kier alpha value is -4.32. The van der Waals surface area contributed by atoms with E-state index < -0.39 is 53.3 Å². The topological polar surface area (TPSA) is 135 Å². The lowest BCUT2D eigenvalue weighted by Gasteiger charge is -2.38. The Morgan fingerprint density at radius 1 is 1.02 bits per heavy atom. The molecule has 0 saturated carbocycles. The maximum atomic E-state index is 13.0. The molecule has 0 aliphatic carbocycles. The maximum Gasteiger partial charge on any atom is 0.330 e. The number of hydrogen-bond donors (Lipinski definition) is 1. The van der Waals surface area contributed by atoms with E-state index in [1.165, 1.54) is 33.0 Å². The van der Waals surface area contributed by atoms with Crippen molar-refractivity contribution in [2.45, 2.75) is 64.1 Å². The van der Waals surface area contributed by atoms with Crippen LogP contribution in [-0.2, 0) is 46.5 Å². The molecule has 2 aromatic carbocycles. The number of esters is 2. The van der Waals surface area contributed by atoms with E-state index in [4.69, 9.17) is 23.7 Å². The molecule has 11 nitrogen and oxygen atoms in total. The molecule has 1 aromatic heterocycles. The average Bonchev–Trinajstić information content (AvgIpc) is 3.26. The molecule has 4 rings (SSSR count). The smallest absolute Gasteiger partial charge is 0.330 e. The van der Waals surface area contributed by atoms with Gasteiger partial charge in [0.05, 0.1) is 19.8 Å². The van der Waals surface area contributed by atoms with Gasteiger partial charge in [0.15, 0.2) is 24.0 Å². The Bertz CT molecular complexity index is 1500. The van der Waals surface area contributed by atoms with Gasteiger partial charge >= 0.3 is 17.6 Å². The number of nitrogens with one attached hydrogen (secondary N) is 1. The van der Waals surface area contributed by atoms with Crippen molar-refractivity contribution in [3.63, 3.8) is 0 Å². The molecule has 11 heteroatoms. The van der Waals surface area contributed by atoms with Gasteiger partial charge in [-0.1, -0.05) is 67.2 Å². The minimum Gasteiger partial charge on any atom is -0.455 e. The van der Waals surface area contributed by atoms with Gasteiger partial charge in [-0.2, -0.15) is 0 Å². The predicted molar refractivity (Wildman–Crippen MR) is 151 cm³/mol. The first-order chi connectivity index (χ1) is 20.1. The number of nitrogens with zero attached hydrogens (tertiary/aromatic N) is 1. The fraction of sp³-hybridized carbons (Fsp3) is 0.355. The lowest BCUT2D eigenvalue weighted by atomic mass is 9.89. The van der Waals surface area contributed by atoms with Crippen molar-refractivity contribution in [3.05, 3.63) is 117 Å². The normalized spacial score (nSPS) is 22.3. The van der Waals surface area contributed by atoms with E-state index in [2.05, 4.69) is 11.6 Å². The first kappa shape index (κ1) is 30.6. The van der Waals surface area contributed by atoms with Crippen LogP contribution in [0, 0.1) is 6.92 Å². The van der Waals surface area contributed by atoms with Crippen molar-refractivity contribution in [3.8, 4) is 0 Å². The van der Waals surface area contributed by atoms with Gasteiger partial charge in [-0.3, -0.25) is 23.9 Å². The van der Waals surface area contributed by atoms with Crippen LogP contribution in [0.25, 0.3) is 0 Å². The average molecular weight is 579 g/mol. The lowest BCUT2D eigenvalue weighted by Crippen LogP contribution is -2.57. The number of rotatable bonds is 12. The summed E-state index contributed by atoms with van der Waals surface area (Å²) in [6, 6.07) is 18.7. The lowest BCUT2D eigenvalue weighted by molar-refractivity contribution is -0.206. The fourth-order valence-corrected chi connectivity index (χ4v) is 4.94. The second kappa shape index (κ2) is 13.6. The zero-order chi connectivity index (χ0) is 30.3. The number of benzene rings is 2. The first-order valence-electron chi connectivity index (χ1n) is 13.4. The summed E-state index contributed by atoms with van der Waals surface area (Å²) in [5.41, 5.74) is -1.11. The first-order valence-corrected chi connectivity index (χ1v) is 13.4. The summed E-state index contributed by atoms with van der Waals surface area (Å²) >= 11 is 0. The quantitative estimate of drug-likeness (QED) is 0.254. The van der Waals surface area contributed by atoms with Crippen molar-refractivity contribution < 1.29 is 33.3 Å². The van der Waals surface area contributed by atoms with Gasteiger partial charge < -0.3 is 23.7 Å². The number of H-pyrrole nitrogens is 1. The summed E-state index contributed by atoms with van der Waals surface area (Å²) in [4.78, 5) is 52.1. The molecule has 1 fully saturated rings. The predicted octanol–water partition coefficient (Wildman–Crippen LogP) is 2.96. The standard InChI is InChI=1S/C31H34N2O9/c1-5-25(40-21(3)34)31(19-38-17-23-12-8-6-9-13-23)27(39-18-24-14-10-7-11-15-24)26(41-22(4)35)29(42-31)33-16-20(2)28(36)32-30(33)37/h5-16,25-27,29H,1,17-19H2,2-4H3,(H,32,36,37)/t25-,26+,27-,29+,31-/m0/s1. The van der Waals surface area contributed by atoms with Crippen molar-refractivity contribution in [1.29, 1.82) is 0 Å². The third-order valence-electron chi connectivity index (χ3n) is 6.82. The number of ether oxygens (including phenoxy) is 5. The van der Waals surface area contributed by atoms with Crippen LogP contribution in [0.3, 0.4) is 0 Å². The second-order valence-corrected chi connectivity index (χ2v) is 9.98. The molecular formula is C31H34N2O9. The molecule has 5 atom stereocenters. The highest BCUT2D eigenvalue weighted by Crippen LogP contribution is 2.44. The highest BCUT2D eigenvalue weighted by Gasteiger charge is 2.63. The van der Waals surface area contributed by atoms with E-state index in [1.54, 1.807) is 0 Å². The molecule has 0 radical (unpaired) electrons. The summed E-state index contributed by atoms with van der Waals surface area (Å²) in [7, 11) is 0. The molecule has 0 unspecified atom stereocenters. The van der Waals surface area contributed by atoms with Crippen molar-refractivity contribution in [2.24, 2.45) is 0 Å². The molecular weight excluding hydrogens is 544 g/mol. The Morgan fingerprint density at radius 2 is 1.64 bits per heavy atom. The molecule has 42 heavy (non-hydrogen) atoms. The monoisotopic (exact) mass is 578 g/mol. The van der Waals surface area contributed by atoms with Crippen LogP contribution in [0.5, 0.6) is 0 Å². The third-order valence-corrected chi connectivity index (χ3v) is 6.82. The highest BCUT2D eigenvalue weighted by molar-refractivity contribution is 5.67. The van der Waals surface area contributed by atoms with Crippen LogP contribution in [-0.4, -0.2) is 52.0 Å². The molecule has 1 N–H and O–H groups in total. The molecule has 3 aromatic rings. The molecule has 0 spiro atoms. The van der Waals surface area contributed by atoms with Crippen molar-refractivity contribution >= 4 is 11.9 Å². The zero-order valence-corrected chi connectivity index (χ0v) is 23.7. The number of aromatic amines is 1. The van der Waals surface area contributed by atoms with Crippen molar-refractivity contribution in [2.75, 3.05) is 6.61 Å². The second-order valence-electron chi connectivity index (χ2n) is 9.98. The largest absolute Gasteiger partial charge is 0.455 e. The Labute approximate surface area is 242 Å². The minimum atomic E-state index is -1.65. The zero-order valence-electron chi connectivity index (χ0n) is 23.7. The van der Waals surface area contributed by atoms with Crippen LogP contribution >= 0.6 is 0 Å². The SMILES string of the molecule is C=C[C@H](OC(C)=O)[C@]1(COCc2ccccc2)O[C@@H](n2cc(C)c(=O)[nH]c2=O)[C@H](OC(C)=O)[C@@H]1OCc1ccccc1. The maximum absolute atomic E-state index is 13.0. The molecule has 1 aliphatic heterocycles. The van der Waals surface area contributed by atoms with E-state index in [9.17, 15) is 19.2 Å². The molecule has 1 saturated heterocycles. The molecule has 222 valence electrons. The van der Waals surface area contributed by atoms with Gasteiger partial charge in [-0.05, 0) is 24.1 Å². The van der Waals surface area contributed by atoms with Crippen molar-refractivity contribution in [1.82, 2.24) is 9.55 Å². The van der Waals surface area contributed by atoms with Crippen LogP contribution < -0.4 is 11.2 Å². The number of aromatic nitrogens is 2. The summed E-state index contributed by atoms with van der Waals surface area (Å²) in [6.07, 6.45) is -2.13. The highest BCUT2D eigenvalue weighted by atomic mass is 16.7. The van der Waals surface area contributed by atoms with E-state index >= 15 is 0 Å². The molecule has 0 bridgehead atoms. The molecule has 1 aliphatic rings. The summed E-state index contributed by atoms with van der Waals surface area (Å²) in [6.45, 7) is 7.85. The Morgan fingerprint density at radius 3 is 2.21 bits per heavy atom. The van der Waals surface area contributed by atoms with Crippen LogP contribution in [0.2, 0.25) is 0 Å². The van der Waals surface area contributed by atoms with E-state index in [-0.39, 0.29) is 25.4 Å². The summed E-state index contributed by atoms with van der Waals surface area (Å²) < 4.78 is 31.7. The van der Waals surface area contributed by atoms with Gasteiger partial charge in [-0.25, -0.2) is 4.79 Å². The van der Waals surface area contributed by atoms with E-state index in [0.29, 0.717) is 0 Å². The van der Waals surface area contributed by atoms with Gasteiger partial charge in [0, 0.05) is 25.6 Å². The number of aryl methyl sites for hydroxylation is 1. The van der Waals surface area contributed by atoms with Crippen LogP contribution in [0.4, 0.5) is 0 Å². The van der Waals surface area contributed by atoms with Gasteiger partial charge in [0.1, 0.15) is 6.10 Å². The van der Waals surface area contributed by atoms with Gasteiger partial charge in [0.25, 0.3) is 5.56 Å². The van der Waals surface area contributed by atoms with E-state index in [1.807, 2.05) is 60.7 Å². The number of carbonyl (C=O) groups is 2. The van der Waals surface area contributed by atoms with Gasteiger partial charge in [0.2, 0.25) is 0 Å². The number of carbonyl (C=O) groups excluding carboxylic acids is 2. The third kappa shape index (κ3) is 6.93. The Kier molecular flexibility index (Phi) is 9.89. The van der Waals surface area contributed by atoms with Crippen LogP contribution in [0.1, 0.15) is 36.8 Å². The summed E-state index contributed by atoms with van der Waals surface area (Å²) in [5.74, 6) is -1.29. The molecule has 0 amide bonds. The Balaban J connectivity index is 1.84. The summed E-state index contributed by atoms with van der Waals surface area (Å²) in [5, 5.41) is 0. The minimum absolute atomic E-state index is 0.0588. The van der Waals surface area contributed by atoms with Gasteiger partial charge in [-0.15, -0.1) is 0 Å². The van der Waals surface area contributed by atoms with Crippen LogP contribution in [0.15, 0.2) is 89.1 Å². The fourth-order valence-electron chi connectivity index (χ4n) is 4.94. The van der Waals surface area contributed by atoms with E-state index in [0.717, 1.165) is 15.7 Å². The number of hydrogen-bond acceptors (Lipinski definition) is 9. The molecule has 2 heterocycles.